The van der Waals surface area contributed by atoms with Crippen LogP contribution in [0.5, 0.6) is 0 Å². The van der Waals surface area contributed by atoms with Crippen LogP contribution < -0.4 is 0 Å². The zero-order chi connectivity index (χ0) is 13.4. The van der Waals surface area contributed by atoms with Crippen LogP contribution in [0.15, 0.2) is 17.0 Å². The fourth-order valence-electron chi connectivity index (χ4n) is 1.29. The van der Waals surface area contributed by atoms with E-state index in [-0.39, 0.29) is 5.56 Å². The van der Waals surface area contributed by atoms with Gasteiger partial charge in [0.1, 0.15) is 0 Å². The average molecular weight is 279 g/mol. The van der Waals surface area contributed by atoms with Gasteiger partial charge in [0.15, 0.2) is 0 Å². The molecule has 0 saturated carbocycles. The Morgan fingerprint density at radius 3 is 2.06 bits per heavy atom. The highest BCUT2D eigenvalue weighted by Gasteiger charge is 2.22. The third-order valence-electron chi connectivity index (χ3n) is 2.10. The summed E-state index contributed by atoms with van der Waals surface area (Å²) in [4.78, 5) is 21.1. The van der Waals surface area contributed by atoms with Crippen LogP contribution in [0, 0.1) is 6.92 Å². The van der Waals surface area contributed by atoms with Gasteiger partial charge in [-0.05, 0) is 24.6 Å². The van der Waals surface area contributed by atoms with Crippen molar-refractivity contribution in [1.82, 2.24) is 0 Å². The summed E-state index contributed by atoms with van der Waals surface area (Å²) in [5.41, 5.74) is -0.964. The van der Waals surface area contributed by atoms with Crippen molar-refractivity contribution in [2.24, 2.45) is 0 Å². The lowest BCUT2D eigenvalue weighted by Crippen LogP contribution is -2.09. The molecule has 0 saturated heterocycles. The van der Waals surface area contributed by atoms with E-state index in [9.17, 15) is 18.0 Å². The maximum Gasteiger partial charge on any atom is 0.336 e. The second-order valence-electron chi connectivity index (χ2n) is 3.20. The van der Waals surface area contributed by atoms with Gasteiger partial charge >= 0.3 is 11.9 Å². The zero-order valence-electron chi connectivity index (χ0n) is 8.47. The van der Waals surface area contributed by atoms with Crippen LogP contribution in [0.2, 0.25) is 0 Å². The van der Waals surface area contributed by atoms with E-state index in [0.29, 0.717) is 0 Å². The minimum absolute atomic E-state index is 0.0995. The Hall–Kier alpha value is -1.60. The summed E-state index contributed by atoms with van der Waals surface area (Å²) in [6.07, 6.45) is 0. The molecule has 1 rings (SSSR count). The van der Waals surface area contributed by atoms with Crippen LogP contribution >= 0.6 is 10.7 Å². The molecule has 0 bridgehead atoms. The summed E-state index contributed by atoms with van der Waals surface area (Å²) >= 11 is 0. The molecule has 0 aliphatic carbocycles. The zero-order valence-corrected chi connectivity index (χ0v) is 10.0. The van der Waals surface area contributed by atoms with Crippen molar-refractivity contribution in [1.29, 1.82) is 0 Å². The van der Waals surface area contributed by atoms with E-state index in [0.717, 1.165) is 12.1 Å². The third kappa shape index (κ3) is 2.75. The van der Waals surface area contributed by atoms with Crippen molar-refractivity contribution in [2.75, 3.05) is 0 Å². The molecular weight excluding hydrogens is 272 g/mol. The van der Waals surface area contributed by atoms with E-state index in [2.05, 4.69) is 0 Å². The van der Waals surface area contributed by atoms with Gasteiger partial charge in [0, 0.05) is 10.7 Å². The molecule has 2 N–H and O–H groups in total. The summed E-state index contributed by atoms with van der Waals surface area (Å²) in [6.45, 7) is 1.24. The highest BCUT2D eigenvalue weighted by atomic mass is 35.7. The second kappa shape index (κ2) is 4.34. The first-order chi connectivity index (χ1) is 7.64. The van der Waals surface area contributed by atoms with Crippen LogP contribution in [0.3, 0.4) is 0 Å². The number of carbonyl (C=O) groups is 2. The molecule has 0 heterocycles. The lowest BCUT2D eigenvalue weighted by atomic mass is 10.1. The molecule has 6 nitrogen and oxygen atoms in total. The average Bonchev–Trinajstić information content (AvgIpc) is 2.15. The molecule has 1 aromatic carbocycles. The number of aromatic carboxylic acids is 2. The lowest BCUT2D eigenvalue weighted by Gasteiger charge is -2.07. The van der Waals surface area contributed by atoms with Crippen molar-refractivity contribution < 1.29 is 28.2 Å². The van der Waals surface area contributed by atoms with E-state index in [1.54, 1.807) is 0 Å². The number of hydrogen-bond acceptors (Lipinski definition) is 4. The first kappa shape index (κ1) is 13.5. The first-order valence-corrected chi connectivity index (χ1v) is 6.51. The Morgan fingerprint density at radius 1 is 1.18 bits per heavy atom. The smallest absolute Gasteiger partial charge is 0.336 e. The Kier molecular flexibility index (Phi) is 3.44. The highest BCUT2D eigenvalue weighted by molar-refractivity contribution is 8.13. The maximum absolute atomic E-state index is 11.2. The molecule has 0 aliphatic rings. The van der Waals surface area contributed by atoms with Crippen molar-refractivity contribution >= 4 is 31.7 Å². The van der Waals surface area contributed by atoms with Gasteiger partial charge in [-0.25, -0.2) is 18.0 Å². The molecule has 0 radical (unpaired) electrons. The molecule has 0 aliphatic heterocycles. The van der Waals surface area contributed by atoms with Crippen molar-refractivity contribution in [3.63, 3.8) is 0 Å². The van der Waals surface area contributed by atoms with Crippen LogP contribution in [-0.4, -0.2) is 30.6 Å². The molecule has 1 aromatic rings. The van der Waals surface area contributed by atoms with Gasteiger partial charge in [-0.3, -0.25) is 0 Å². The number of benzene rings is 1. The van der Waals surface area contributed by atoms with E-state index in [4.69, 9.17) is 20.9 Å². The van der Waals surface area contributed by atoms with E-state index < -0.39 is 37.0 Å². The summed E-state index contributed by atoms with van der Waals surface area (Å²) < 4.78 is 22.4. The van der Waals surface area contributed by atoms with E-state index in [1.165, 1.54) is 6.92 Å². The predicted octanol–water partition coefficient (Wildman–Crippen LogP) is 1.32. The van der Waals surface area contributed by atoms with E-state index >= 15 is 0 Å². The lowest BCUT2D eigenvalue weighted by molar-refractivity contribution is 0.0695. The Bertz CT molecular complexity index is 604. The Balaban J connectivity index is 3.73. The third-order valence-corrected chi connectivity index (χ3v) is 3.55. The van der Waals surface area contributed by atoms with Gasteiger partial charge in [-0.2, -0.15) is 0 Å². The summed E-state index contributed by atoms with van der Waals surface area (Å²) in [5.74, 6) is -2.86. The molecule has 17 heavy (non-hydrogen) atoms. The predicted molar refractivity (Wildman–Crippen MR) is 58.1 cm³/mol. The fourth-order valence-corrected chi connectivity index (χ4v) is 2.51. The molecule has 0 aromatic heterocycles. The van der Waals surface area contributed by atoms with Gasteiger partial charge in [-0.1, -0.05) is 0 Å². The highest BCUT2D eigenvalue weighted by Crippen LogP contribution is 2.24. The topological polar surface area (TPSA) is 109 Å². The van der Waals surface area contributed by atoms with Crippen molar-refractivity contribution in [2.45, 2.75) is 11.8 Å². The molecule has 92 valence electrons. The largest absolute Gasteiger partial charge is 0.478 e. The quantitative estimate of drug-likeness (QED) is 0.807. The molecule has 8 heteroatoms. The Labute approximate surface area is 101 Å². The van der Waals surface area contributed by atoms with Crippen molar-refractivity contribution in [3.8, 4) is 0 Å². The van der Waals surface area contributed by atoms with E-state index in [1.807, 2.05) is 0 Å². The normalized spacial score (nSPS) is 11.2. The minimum atomic E-state index is -4.20. The maximum atomic E-state index is 11.2. The second-order valence-corrected chi connectivity index (χ2v) is 5.73. The van der Waals surface area contributed by atoms with Crippen molar-refractivity contribution in [3.05, 3.63) is 28.8 Å². The molecule has 0 fully saturated rings. The van der Waals surface area contributed by atoms with Crippen LogP contribution in [0.4, 0.5) is 0 Å². The summed E-state index contributed by atoms with van der Waals surface area (Å²) in [6, 6.07) is 1.71. The molecule has 0 spiro atoms. The van der Waals surface area contributed by atoms with Gasteiger partial charge in [0.2, 0.25) is 0 Å². The monoisotopic (exact) mass is 278 g/mol. The number of rotatable bonds is 3. The molecule has 0 amide bonds. The number of hydrogen-bond donors (Lipinski definition) is 2. The number of halogens is 1. The number of carboxylic acids is 2. The fraction of sp³-hybridized carbons (Fsp3) is 0.111. The molecule has 0 atom stereocenters. The van der Waals surface area contributed by atoms with Crippen LogP contribution in [-0.2, 0) is 9.05 Å². The van der Waals surface area contributed by atoms with Crippen LogP contribution in [0.25, 0.3) is 0 Å². The molecule has 0 unspecified atom stereocenters. The standard InChI is InChI=1S/C9H7ClO6S/c1-4-6(9(13)14)2-5(8(11)12)3-7(4)17(10,15)16/h2-3H,1H3,(H,11,12)(H,13,14). The minimum Gasteiger partial charge on any atom is -0.478 e. The summed E-state index contributed by atoms with van der Waals surface area (Å²) in [5, 5.41) is 17.6. The number of carboxylic acid groups (broad SMARTS) is 2. The van der Waals surface area contributed by atoms with Gasteiger partial charge in [-0.15, -0.1) is 0 Å². The first-order valence-electron chi connectivity index (χ1n) is 4.20. The summed E-state index contributed by atoms with van der Waals surface area (Å²) in [7, 11) is 0.904. The molecular formula is C9H7ClO6S. The van der Waals surface area contributed by atoms with Gasteiger partial charge in [0.05, 0.1) is 16.0 Å². The van der Waals surface area contributed by atoms with Gasteiger partial charge in [0.25, 0.3) is 9.05 Å². The van der Waals surface area contributed by atoms with Gasteiger partial charge < -0.3 is 10.2 Å². The Morgan fingerprint density at radius 2 is 1.71 bits per heavy atom. The van der Waals surface area contributed by atoms with Crippen LogP contribution in [0.1, 0.15) is 26.3 Å². The SMILES string of the molecule is Cc1c(C(=O)O)cc(C(=O)O)cc1S(=O)(=O)Cl.